The fourth-order valence-electron chi connectivity index (χ4n) is 1.85. The van der Waals surface area contributed by atoms with Gasteiger partial charge in [-0.2, -0.15) is 9.71 Å². The average molecular weight is 381 g/mol. The van der Waals surface area contributed by atoms with Crippen molar-refractivity contribution in [1.82, 2.24) is 20.1 Å². The Labute approximate surface area is 151 Å². The van der Waals surface area contributed by atoms with Crippen LogP contribution in [0.25, 0.3) is 0 Å². The Bertz CT molecular complexity index is 857. The van der Waals surface area contributed by atoms with Crippen molar-refractivity contribution in [3.8, 4) is 11.6 Å². The summed E-state index contributed by atoms with van der Waals surface area (Å²) in [6, 6.07) is 6.29. The number of methoxy groups -OCH3 is 2. The number of ether oxygens (including phenoxy) is 2. The molecule has 0 saturated heterocycles. The lowest BCUT2D eigenvalue weighted by Crippen LogP contribution is -2.46. The fourth-order valence-corrected chi connectivity index (χ4v) is 3.05. The van der Waals surface area contributed by atoms with Crippen LogP contribution in [-0.4, -0.2) is 44.6 Å². The molecule has 0 aliphatic heterocycles. The van der Waals surface area contributed by atoms with Crippen molar-refractivity contribution in [2.24, 2.45) is 0 Å². The summed E-state index contributed by atoms with van der Waals surface area (Å²) in [5.74, 6) is 0.318. The summed E-state index contributed by atoms with van der Waals surface area (Å²) in [6.07, 6.45) is 1.44. The second-order valence-corrected chi connectivity index (χ2v) is 6.77. The van der Waals surface area contributed by atoms with Crippen LogP contribution in [0.1, 0.15) is 6.92 Å². The maximum absolute atomic E-state index is 12.3. The zero-order valence-corrected chi connectivity index (χ0v) is 15.2. The van der Waals surface area contributed by atoms with Crippen molar-refractivity contribution in [3.63, 3.8) is 0 Å². The van der Waals surface area contributed by atoms with E-state index in [1.807, 2.05) is 0 Å². The molecule has 0 fully saturated rings. The van der Waals surface area contributed by atoms with E-state index >= 15 is 0 Å². The molecule has 1 amide bonds. The summed E-state index contributed by atoms with van der Waals surface area (Å²) in [5, 5.41) is 0. The van der Waals surface area contributed by atoms with Crippen LogP contribution in [0.5, 0.6) is 11.6 Å². The van der Waals surface area contributed by atoms with Gasteiger partial charge in [-0.15, -0.1) is 0 Å². The quantitative estimate of drug-likeness (QED) is 0.557. The Kier molecular flexibility index (Phi) is 6.31. The van der Waals surface area contributed by atoms with Crippen molar-refractivity contribution in [2.75, 3.05) is 19.6 Å². The van der Waals surface area contributed by atoms with Crippen molar-refractivity contribution in [3.05, 3.63) is 36.5 Å². The predicted molar refractivity (Wildman–Crippen MR) is 93.1 cm³/mol. The standard InChI is InChI=1S/C15H19N5O5S/c1-10(14(21)18-19-15-16-9-8-13(17-15)25-3)20-26(22,23)12-6-4-11(24-2)5-7-12/h4-10,20H,1-3H3,(H,18,21)(H,16,17,19)/t10-/m0/s1. The van der Waals surface area contributed by atoms with Crippen molar-refractivity contribution < 1.29 is 22.7 Å². The zero-order valence-electron chi connectivity index (χ0n) is 14.4. The molecule has 10 nitrogen and oxygen atoms in total. The summed E-state index contributed by atoms with van der Waals surface area (Å²) in [6.45, 7) is 1.41. The molecule has 11 heteroatoms. The van der Waals surface area contributed by atoms with Crippen LogP contribution in [0.3, 0.4) is 0 Å². The van der Waals surface area contributed by atoms with Gasteiger partial charge in [0.1, 0.15) is 5.75 Å². The molecule has 0 aliphatic carbocycles. The SMILES string of the molecule is COc1ccc(S(=O)(=O)N[C@@H](C)C(=O)NNc2nccc(OC)n2)cc1. The number of carbonyl (C=O) groups excluding carboxylic acids is 1. The molecule has 0 saturated carbocycles. The number of hydrazine groups is 1. The van der Waals surface area contributed by atoms with Gasteiger partial charge in [-0.3, -0.25) is 15.6 Å². The number of nitrogens with zero attached hydrogens (tertiary/aromatic N) is 2. The monoisotopic (exact) mass is 381 g/mol. The topological polar surface area (TPSA) is 132 Å². The molecule has 1 aromatic heterocycles. The highest BCUT2D eigenvalue weighted by atomic mass is 32.2. The molecule has 0 bridgehead atoms. The molecule has 2 aromatic rings. The highest BCUT2D eigenvalue weighted by Gasteiger charge is 2.22. The number of nitrogens with one attached hydrogen (secondary N) is 3. The maximum atomic E-state index is 12.3. The first kappa shape index (κ1) is 19.4. The highest BCUT2D eigenvalue weighted by Crippen LogP contribution is 2.15. The Morgan fingerprint density at radius 3 is 2.42 bits per heavy atom. The molecule has 0 aliphatic rings. The van der Waals surface area contributed by atoms with Gasteiger partial charge in [0.25, 0.3) is 5.91 Å². The molecule has 3 N–H and O–H groups in total. The molecule has 140 valence electrons. The minimum absolute atomic E-state index is 0.0158. The number of anilines is 1. The molecule has 26 heavy (non-hydrogen) atoms. The summed E-state index contributed by atoms with van der Waals surface area (Å²) in [4.78, 5) is 19.9. The number of hydrogen-bond acceptors (Lipinski definition) is 8. The first-order valence-corrected chi connectivity index (χ1v) is 8.93. The molecular formula is C15H19N5O5S. The lowest BCUT2D eigenvalue weighted by Gasteiger charge is -2.15. The minimum atomic E-state index is -3.87. The van der Waals surface area contributed by atoms with Gasteiger partial charge in [-0.05, 0) is 31.2 Å². The summed E-state index contributed by atoms with van der Waals surface area (Å²) < 4.78 is 36.8. The van der Waals surface area contributed by atoms with Gasteiger partial charge in [-0.25, -0.2) is 13.4 Å². The number of hydrogen-bond donors (Lipinski definition) is 3. The minimum Gasteiger partial charge on any atom is -0.497 e. The van der Waals surface area contributed by atoms with Gasteiger partial charge in [0, 0.05) is 12.3 Å². The Morgan fingerprint density at radius 2 is 1.81 bits per heavy atom. The van der Waals surface area contributed by atoms with Crippen LogP contribution in [0, 0.1) is 0 Å². The first-order valence-electron chi connectivity index (χ1n) is 7.45. The van der Waals surface area contributed by atoms with Gasteiger partial charge in [-0.1, -0.05) is 0 Å². The van der Waals surface area contributed by atoms with Crippen molar-refractivity contribution in [1.29, 1.82) is 0 Å². The third-order valence-electron chi connectivity index (χ3n) is 3.23. The zero-order chi connectivity index (χ0) is 19.2. The first-order chi connectivity index (χ1) is 12.4. The van der Waals surface area contributed by atoms with E-state index in [1.54, 1.807) is 6.07 Å². The van der Waals surface area contributed by atoms with E-state index in [9.17, 15) is 13.2 Å². The molecule has 1 aromatic carbocycles. The Morgan fingerprint density at radius 1 is 1.12 bits per heavy atom. The maximum Gasteiger partial charge on any atom is 0.256 e. The van der Waals surface area contributed by atoms with E-state index in [0.717, 1.165) is 0 Å². The lowest BCUT2D eigenvalue weighted by atomic mass is 10.3. The van der Waals surface area contributed by atoms with Gasteiger partial charge in [0.05, 0.1) is 25.2 Å². The summed E-state index contributed by atoms with van der Waals surface area (Å²) >= 11 is 0. The van der Waals surface area contributed by atoms with Crippen LogP contribution < -0.4 is 25.0 Å². The van der Waals surface area contributed by atoms with Crippen LogP contribution >= 0.6 is 0 Å². The summed E-state index contributed by atoms with van der Waals surface area (Å²) in [7, 11) is -0.944. The number of amides is 1. The van der Waals surface area contributed by atoms with Gasteiger partial charge in [0.2, 0.25) is 21.9 Å². The number of carbonyl (C=O) groups is 1. The summed E-state index contributed by atoms with van der Waals surface area (Å²) in [5.41, 5.74) is 4.81. The second kappa shape index (κ2) is 8.45. The Hall–Kier alpha value is -2.92. The van der Waals surface area contributed by atoms with E-state index in [0.29, 0.717) is 11.6 Å². The van der Waals surface area contributed by atoms with Gasteiger partial charge in [0.15, 0.2) is 0 Å². The highest BCUT2D eigenvalue weighted by molar-refractivity contribution is 7.89. The predicted octanol–water partition coefficient (Wildman–Crippen LogP) is 0.304. The van der Waals surface area contributed by atoms with Gasteiger partial charge >= 0.3 is 0 Å². The number of rotatable bonds is 8. The normalized spacial score (nSPS) is 12.1. The van der Waals surface area contributed by atoms with E-state index in [1.165, 1.54) is 51.6 Å². The van der Waals surface area contributed by atoms with E-state index in [4.69, 9.17) is 9.47 Å². The average Bonchev–Trinajstić information content (AvgIpc) is 2.65. The smallest absolute Gasteiger partial charge is 0.256 e. The van der Waals surface area contributed by atoms with Crippen LogP contribution in [0.15, 0.2) is 41.4 Å². The van der Waals surface area contributed by atoms with Gasteiger partial charge < -0.3 is 9.47 Å². The second-order valence-electron chi connectivity index (χ2n) is 5.06. The molecule has 0 spiro atoms. The van der Waals surface area contributed by atoms with E-state index < -0.39 is 22.0 Å². The van der Waals surface area contributed by atoms with Crippen LogP contribution in [0.4, 0.5) is 5.95 Å². The fraction of sp³-hybridized carbons (Fsp3) is 0.267. The molecule has 1 atom stereocenters. The third-order valence-corrected chi connectivity index (χ3v) is 4.79. The lowest BCUT2D eigenvalue weighted by molar-refractivity contribution is -0.121. The van der Waals surface area contributed by atoms with E-state index in [-0.39, 0.29) is 10.8 Å². The molecule has 1 heterocycles. The van der Waals surface area contributed by atoms with Crippen LogP contribution in [0.2, 0.25) is 0 Å². The molecule has 0 unspecified atom stereocenters. The number of sulfonamides is 1. The largest absolute Gasteiger partial charge is 0.497 e. The van der Waals surface area contributed by atoms with Crippen molar-refractivity contribution >= 4 is 21.9 Å². The molecule has 0 radical (unpaired) electrons. The van der Waals surface area contributed by atoms with Crippen molar-refractivity contribution in [2.45, 2.75) is 17.9 Å². The third kappa shape index (κ3) is 5.04. The number of benzene rings is 1. The molecular weight excluding hydrogens is 362 g/mol. The van der Waals surface area contributed by atoms with E-state index in [2.05, 4.69) is 25.5 Å². The van der Waals surface area contributed by atoms with Crippen LogP contribution in [-0.2, 0) is 14.8 Å². The Balaban J connectivity index is 1.96. The number of aromatic nitrogens is 2. The molecule has 2 rings (SSSR count).